The van der Waals surface area contributed by atoms with Gasteiger partial charge in [-0.25, -0.2) is 0 Å². The lowest BCUT2D eigenvalue weighted by Gasteiger charge is -2.28. The van der Waals surface area contributed by atoms with Crippen molar-refractivity contribution >= 4 is 221 Å². The van der Waals surface area contributed by atoms with Gasteiger partial charge in [-0.1, -0.05) is 297 Å². The predicted octanol–water partition coefficient (Wildman–Crippen LogP) is 36.4. The van der Waals surface area contributed by atoms with Crippen molar-refractivity contribution in [2.45, 2.75) is 0 Å². The second-order valence-electron chi connectivity index (χ2n) is 34.0. The molecule has 27 rings (SSSR count). The summed E-state index contributed by atoms with van der Waals surface area (Å²) >= 11 is 0. The van der Waals surface area contributed by atoms with Gasteiger partial charge in [0.2, 0.25) is 0 Å². The van der Waals surface area contributed by atoms with Gasteiger partial charge < -0.3 is 41.7 Å². The van der Waals surface area contributed by atoms with Gasteiger partial charge in [-0.15, -0.1) is 0 Å². The van der Waals surface area contributed by atoms with E-state index in [0.29, 0.717) is 0 Å². The van der Waals surface area contributed by atoms with Crippen LogP contribution in [0.2, 0.25) is 0 Å². The minimum atomic E-state index is 0.843. The van der Waals surface area contributed by atoms with Crippen LogP contribution in [0.25, 0.3) is 186 Å². The van der Waals surface area contributed by atoms with Gasteiger partial charge in [0.25, 0.3) is 0 Å². The van der Waals surface area contributed by atoms with Gasteiger partial charge in [-0.05, 0) is 236 Å². The van der Waals surface area contributed by atoms with Crippen molar-refractivity contribution < 1.29 is 22.1 Å². The van der Waals surface area contributed by atoms with Crippen LogP contribution in [0.15, 0.2) is 495 Å². The molecule has 0 fully saturated rings. The molecule has 624 valence electrons. The van der Waals surface area contributed by atoms with Crippen molar-refractivity contribution in [3.8, 4) is 33.4 Å². The molecule has 22 aromatic carbocycles. The highest BCUT2D eigenvalue weighted by Crippen LogP contribution is 2.53. The molecule has 0 unspecified atom stereocenters. The Morgan fingerprint density at radius 2 is 0.406 bits per heavy atom. The molecular formula is C124H78N4O5. The number of nitrogens with zero attached hydrogens (tertiary/aromatic N) is 4. The Morgan fingerprint density at radius 3 is 0.820 bits per heavy atom. The van der Waals surface area contributed by atoms with E-state index in [2.05, 4.69) is 456 Å². The highest BCUT2D eigenvalue weighted by atomic mass is 16.3. The first kappa shape index (κ1) is 76.3. The van der Waals surface area contributed by atoms with Crippen LogP contribution in [0.3, 0.4) is 0 Å². The number of fused-ring (bicyclic) bond motifs is 25. The number of para-hydroxylation sites is 11. The maximum absolute atomic E-state index is 7.05. The van der Waals surface area contributed by atoms with Crippen molar-refractivity contribution in [1.29, 1.82) is 0 Å². The fourth-order valence-electron chi connectivity index (χ4n) is 20.4. The summed E-state index contributed by atoms with van der Waals surface area (Å²) in [6.45, 7) is 0. The SMILES string of the molecule is c1ccc(-c2ccccc2N(c2ccc(-c3ccc4c(c3)oc3c5ccc(N(c6ccccc6)c6cccc7c6oc6ccccc67)cc5c5ccccc5c43)cc2)c2cccc3c2oc2ccccc23)cc1.c1ccc(N(c2ccccc2)c2ccc(-c3ccc4c(c3)oc3c5ccc(N(c6ccccc6)c6cccc7c6oc6ccccc67)cc5c5ccccc5c43)cc2)cc1. The Labute approximate surface area is 764 Å². The number of rotatable bonds is 15. The van der Waals surface area contributed by atoms with Gasteiger partial charge in [0.05, 0.1) is 22.7 Å². The summed E-state index contributed by atoms with van der Waals surface area (Å²) in [7, 11) is 0. The van der Waals surface area contributed by atoms with Crippen molar-refractivity contribution in [1.82, 2.24) is 0 Å². The van der Waals surface area contributed by atoms with E-state index in [1.54, 1.807) is 0 Å². The zero-order valence-electron chi connectivity index (χ0n) is 71.9. The van der Waals surface area contributed by atoms with E-state index in [-0.39, 0.29) is 0 Å². The van der Waals surface area contributed by atoms with E-state index >= 15 is 0 Å². The standard InChI is InChI=1S/C68H42N2O3.C56H36N2O2/c1-3-17-44(18-4-1)49-21-9-12-28-59(49)70(61-30-16-27-55-52-24-11-14-32-63(52)72-67(55)61)47-36-33-43(34-37-47)45-35-39-57-64(41-45)73-68-56-40-38-48(42-58(56)50-22-7-8-25-53(50)65(57)68)69(46-19-5-2-6-20-46)60-29-15-26-54-51-23-10-13-31-62(51)71-66(54)60;1-4-15-39(16-5-1)57(40-17-6-2-7-18-40)42-30-27-37(28-31-42)38-29-33-49-53(35-38)60-56-48-34-32-43(36-50(48)44-21-10-11-23-46(44)54(49)56)58(41-19-8-3-9-20-41)51-25-14-24-47-45-22-12-13-26-52(45)59-55(47)51/h1-42H;1-36H. The average Bonchev–Trinajstić information content (AvgIpc) is 1.67. The predicted molar refractivity (Wildman–Crippen MR) is 554 cm³/mol. The van der Waals surface area contributed by atoms with Crippen LogP contribution in [-0.4, -0.2) is 0 Å². The van der Waals surface area contributed by atoms with Crippen LogP contribution in [0.5, 0.6) is 0 Å². The van der Waals surface area contributed by atoms with E-state index in [0.717, 1.165) is 238 Å². The molecule has 0 aliphatic carbocycles. The molecule has 9 nitrogen and oxygen atoms in total. The monoisotopic (exact) mass is 1700 g/mol. The summed E-state index contributed by atoms with van der Waals surface area (Å²) in [6.07, 6.45) is 0. The molecule has 133 heavy (non-hydrogen) atoms. The second-order valence-corrected chi connectivity index (χ2v) is 34.0. The molecule has 0 aliphatic rings. The molecule has 0 amide bonds. The van der Waals surface area contributed by atoms with Crippen LogP contribution in [0.4, 0.5) is 68.2 Å². The third kappa shape index (κ3) is 12.8. The van der Waals surface area contributed by atoms with Gasteiger partial charge in [-0.3, -0.25) is 0 Å². The zero-order valence-corrected chi connectivity index (χ0v) is 71.9. The van der Waals surface area contributed by atoms with Crippen molar-refractivity contribution in [2.75, 3.05) is 19.6 Å². The minimum absolute atomic E-state index is 0.843. The van der Waals surface area contributed by atoms with Crippen LogP contribution in [0, 0.1) is 0 Å². The first-order chi connectivity index (χ1) is 66.0. The number of furan rings is 5. The van der Waals surface area contributed by atoms with Crippen LogP contribution < -0.4 is 19.6 Å². The molecule has 0 bridgehead atoms. The zero-order chi connectivity index (χ0) is 87.6. The minimum Gasteiger partial charge on any atom is -0.455 e. The van der Waals surface area contributed by atoms with E-state index in [1.807, 2.05) is 36.4 Å². The Balaban J connectivity index is 0.000000142. The first-order valence-corrected chi connectivity index (χ1v) is 45.1. The molecule has 0 saturated heterocycles. The quantitative estimate of drug-likeness (QED) is 0.0933. The lowest BCUT2D eigenvalue weighted by Crippen LogP contribution is -2.11. The van der Waals surface area contributed by atoms with E-state index in [4.69, 9.17) is 22.1 Å². The van der Waals surface area contributed by atoms with Gasteiger partial charge in [0, 0.05) is 116 Å². The number of hydrogen-bond donors (Lipinski definition) is 0. The molecule has 5 heterocycles. The van der Waals surface area contributed by atoms with Crippen LogP contribution in [-0.2, 0) is 0 Å². The maximum Gasteiger partial charge on any atom is 0.159 e. The Morgan fingerprint density at radius 1 is 0.128 bits per heavy atom. The summed E-state index contributed by atoms with van der Waals surface area (Å²) in [6, 6.07) is 167. The maximum atomic E-state index is 7.05. The normalized spacial score (nSPS) is 11.8. The summed E-state index contributed by atoms with van der Waals surface area (Å²) in [4.78, 5) is 9.23. The number of hydrogen-bond acceptors (Lipinski definition) is 9. The summed E-state index contributed by atoms with van der Waals surface area (Å²) in [5.74, 6) is 0. The van der Waals surface area contributed by atoms with Crippen LogP contribution in [0.1, 0.15) is 0 Å². The molecule has 5 aromatic heterocycles. The van der Waals surface area contributed by atoms with Gasteiger partial charge in [-0.2, -0.15) is 0 Å². The summed E-state index contributed by atoms with van der Waals surface area (Å²) < 4.78 is 33.9. The van der Waals surface area contributed by atoms with Gasteiger partial charge in [0.1, 0.15) is 39.1 Å². The number of anilines is 12. The fraction of sp³-hybridized carbons (Fsp3) is 0. The summed E-state index contributed by atoms with van der Waals surface area (Å²) in [5, 5.41) is 20.1. The summed E-state index contributed by atoms with van der Waals surface area (Å²) in [5.41, 5.74) is 27.8. The van der Waals surface area contributed by atoms with Crippen molar-refractivity contribution in [3.63, 3.8) is 0 Å². The highest BCUT2D eigenvalue weighted by molar-refractivity contribution is 6.33. The number of benzene rings is 22. The highest BCUT2D eigenvalue weighted by Gasteiger charge is 2.28. The first-order valence-electron chi connectivity index (χ1n) is 45.1. The molecule has 0 atom stereocenters. The van der Waals surface area contributed by atoms with Gasteiger partial charge >= 0.3 is 0 Å². The van der Waals surface area contributed by atoms with E-state index < -0.39 is 0 Å². The van der Waals surface area contributed by atoms with Crippen LogP contribution >= 0.6 is 0 Å². The Hall–Kier alpha value is -17.9. The third-order valence-corrected chi connectivity index (χ3v) is 26.4. The second kappa shape index (κ2) is 31.5. The smallest absolute Gasteiger partial charge is 0.159 e. The molecule has 27 aromatic rings. The average molecular weight is 1700 g/mol. The molecule has 9 heteroatoms. The Kier molecular flexibility index (Phi) is 18.1. The third-order valence-electron chi connectivity index (χ3n) is 26.4. The van der Waals surface area contributed by atoms with E-state index in [9.17, 15) is 0 Å². The lowest BCUT2D eigenvalue weighted by atomic mass is 9.95. The molecular weight excluding hydrogens is 1630 g/mol. The molecule has 0 radical (unpaired) electrons. The largest absolute Gasteiger partial charge is 0.455 e. The molecule has 0 aliphatic heterocycles. The van der Waals surface area contributed by atoms with Gasteiger partial charge in [0.15, 0.2) is 16.7 Å². The lowest BCUT2D eigenvalue weighted by molar-refractivity contribution is 0.668. The molecule has 0 spiro atoms. The van der Waals surface area contributed by atoms with E-state index in [1.165, 1.54) is 16.2 Å². The Bertz CT molecular complexity index is 9180. The van der Waals surface area contributed by atoms with Crippen molar-refractivity contribution in [3.05, 3.63) is 473 Å². The topological polar surface area (TPSA) is 78.7 Å². The molecule has 0 saturated carbocycles. The fourth-order valence-corrected chi connectivity index (χ4v) is 20.4. The van der Waals surface area contributed by atoms with Crippen molar-refractivity contribution in [2.24, 2.45) is 0 Å². The molecule has 0 N–H and O–H groups in total.